The van der Waals surface area contributed by atoms with Crippen LogP contribution < -0.4 is 5.32 Å². The SMILES string of the molecule is C[CH2][Ge]([CH2]C)([CH2]C)[O]C(=O)CNC(C)=O. The first-order valence-electron chi connectivity index (χ1n) is 5.46. The molecular weight excluding hydrogens is 255 g/mol. The van der Waals surface area contributed by atoms with E-state index in [0.29, 0.717) is 0 Å². The molecular formula is C10H21GeNO3. The van der Waals surface area contributed by atoms with Gasteiger partial charge in [-0.15, -0.1) is 0 Å². The van der Waals surface area contributed by atoms with Crippen LogP contribution in [-0.4, -0.2) is 32.0 Å². The Balaban J connectivity index is 4.17. The van der Waals surface area contributed by atoms with Crippen LogP contribution in [0.25, 0.3) is 0 Å². The monoisotopic (exact) mass is 277 g/mol. The van der Waals surface area contributed by atoms with Crippen molar-refractivity contribution in [3.8, 4) is 0 Å². The summed E-state index contributed by atoms with van der Waals surface area (Å²) < 4.78 is 5.57. The zero-order valence-corrected chi connectivity index (χ0v) is 12.2. The van der Waals surface area contributed by atoms with Gasteiger partial charge in [0.1, 0.15) is 0 Å². The summed E-state index contributed by atoms with van der Waals surface area (Å²) in [5.41, 5.74) is 0. The molecule has 15 heavy (non-hydrogen) atoms. The molecule has 0 atom stereocenters. The van der Waals surface area contributed by atoms with Crippen LogP contribution in [0.2, 0.25) is 15.8 Å². The first-order chi connectivity index (χ1) is 6.99. The molecule has 0 aliphatic heterocycles. The molecule has 1 N–H and O–H groups in total. The van der Waals surface area contributed by atoms with Crippen LogP contribution in [0.15, 0.2) is 0 Å². The summed E-state index contributed by atoms with van der Waals surface area (Å²) in [6.07, 6.45) is 0. The Kier molecular flexibility index (Phi) is 6.64. The Labute approximate surface area is 94.5 Å². The van der Waals surface area contributed by atoms with E-state index in [0.717, 1.165) is 15.8 Å². The second-order valence-corrected chi connectivity index (χ2v) is 13.5. The fourth-order valence-corrected chi connectivity index (χ4v) is 6.66. The molecule has 0 saturated heterocycles. The van der Waals surface area contributed by atoms with Gasteiger partial charge in [-0.1, -0.05) is 0 Å². The minimum atomic E-state index is -2.37. The fraction of sp³-hybridized carbons (Fsp3) is 0.800. The maximum atomic E-state index is 11.4. The van der Waals surface area contributed by atoms with E-state index in [-0.39, 0.29) is 18.4 Å². The van der Waals surface area contributed by atoms with Gasteiger partial charge in [0.05, 0.1) is 0 Å². The molecule has 4 nitrogen and oxygen atoms in total. The molecule has 0 heterocycles. The number of rotatable bonds is 6. The van der Waals surface area contributed by atoms with Crippen molar-refractivity contribution in [2.75, 3.05) is 6.54 Å². The molecule has 0 aromatic rings. The van der Waals surface area contributed by atoms with Gasteiger partial charge in [0.2, 0.25) is 0 Å². The van der Waals surface area contributed by atoms with Crippen LogP contribution in [0.4, 0.5) is 0 Å². The summed E-state index contributed by atoms with van der Waals surface area (Å²) in [7, 11) is 0. The molecule has 0 bridgehead atoms. The summed E-state index contributed by atoms with van der Waals surface area (Å²) >= 11 is -2.37. The third-order valence-corrected chi connectivity index (χ3v) is 12.2. The van der Waals surface area contributed by atoms with E-state index in [1.807, 2.05) is 0 Å². The number of hydrogen-bond donors (Lipinski definition) is 1. The summed E-state index contributed by atoms with van der Waals surface area (Å²) in [6, 6.07) is 0. The van der Waals surface area contributed by atoms with Gasteiger partial charge < -0.3 is 0 Å². The molecule has 88 valence electrons. The van der Waals surface area contributed by atoms with Crippen LogP contribution in [0.5, 0.6) is 0 Å². The fourth-order valence-electron chi connectivity index (χ4n) is 1.44. The van der Waals surface area contributed by atoms with Gasteiger partial charge in [0, 0.05) is 0 Å². The Hall–Kier alpha value is -0.517. The molecule has 0 unspecified atom stereocenters. The van der Waals surface area contributed by atoms with E-state index in [1.54, 1.807) is 0 Å². The second-order valence-electron chi connectivity index (χ2n) is 3.63. The molecule has 0 aliphatic carbocycles. The standard InChI is InChI=1S/C10H21GeNO3/c1-5-11(6-2,7-3)15-10(14)8-12-9(4)13/h5-8H2,1-4H3,(H,12,13). The van der Waals surface area contributed by atoms with Crippen molar-refractivity contribution in [1.29, 1.82) is 0 Å². The second kappa shape index (κ2) is 6.87. The van der Waals surface area contributed by atoms with E-state index in [1.165, 1.54) is 6.92 Å². The van der Waals surface area contributed by atoms with Crippen LogP contribution in [-0.2, 0) is 13.4 Å². The average Bonchev–Trinajstić information content (AvgIpc) is 2.23. The molecule has 0 aromatic carbocycles. The average molecular weight is 276 g/mol. The molecule has 0 spiro atoms. The molecule has 0 rings (SSSR count). The minimum absolute atomic E-state index is 0.00231. The summed E-state index contributed by atoms with van der Waals surface area (Å²) in [4.78, 5) is 22.1. The molecule has 0 aromatic heterocycles. The van der Waals surface area contributed by atoms with Crippen molar-refractivity contribution in [1.82, 2.24) is 5.32 Å². The van der Waals surface area contributed by atoms with Gasteiger partial charge in [0.15, 0.2) is 0 Å². The van der Waals surface area contributed by atoms with Crippen molar-refractivity contribution in [3.63, 3.8) is 0 Å². The van der Waals surface area contributed by atoms with E-state index in [9.17, 15) is 9.59 Å². The van der Waals surface area contributed by atoms with Gasteiger partial charge >= 0.3 is 94.1 Å². The maximum absolute atomic E-state index is 11.4. The third kappa shape index (κ3) is 5.20. The van der Waals surface area contributed by atoms with Gasteiger partial charge in [0.25, 0.3) is 0 Å². The predicted molar refractivity (Wildman–Crippen MR) is 62.0 cm³/mol. The van der Waals surface area contributed by atoms with Gasteiger partial charge in [-0.2, -0.15) is 0 Å². The molecule has 5 heteroatoms. The first kappa shape index (κ1) is 14.5. The topological polar surface area (TPSA) is 55.4 Å². The Morgan fingerprint density at radius 2 is 1.60 bits per heavy atom. The van der Waals surface area contributed by atoms with Crippen molar-refractivity contribution in [2.24, 2.45) is 0 Å². The Morgan fingerprint density at radius 3 is 1.93 bits per heavy atom. The first-order valence-corrected chi connectivity index (χ1v) is 10.8. The van der Waals surface area contributed by atoms with Crippen LogP contribution in [0.1, 0.15) is 27.7 Å². The van der Waals surface area contributed by atoms with Crippen LogP contribution in [0.3, 0.4) is 0 Å². The molecule has 0 fully saturated rings. The number of hydrogen-bond acceptors (Lipinski definition) is 3. The van der Waals surface area contributed by atoms with E-state index in [4.69, 9.17) is 3.76 Å². The summed E-state index contributed by atoms with van der Waals surface area (Å²) in [5.74, 6) is -0.481. The van der Waals surface area contributed by atoms with Crippen molar-refractivity contribution >= 4 is 25.5 Å². The zero-order chi connectivity index (χ0) is 11.9. The molecule has 0 saturated carbocycles. The number of amides is 1. The predicted octanol–water partition coefficient (Wildman–Crippen LogP) is 1.67. The number of carbonyl (C=O) groups is 2. The van der Waals surface area contributed by atoms with Gasteiger partial charge in [-0.25, -0.2) is 0 Å². The quantitative estimate of drug-likeness (QED) is 0.751. The van der Waals surface area contributed by atoms with E-state index < -0.39 is 13.6 Å². The van der Waals surface area contributed by atoms with Gasteiger partial charge in [-0.3, -0.25) is 0 Å². The van der Waals surface area contributed by atoms with Crippen LogP contribution >= 0.6 is 0 Å². The van der Waals surface area contributed by atoms with Crippen molar-refractivity contribution in [2.45, 2.75) is 43.5 Å². The molecule has 1 amide bonds. The number of nitrogens with one attached hydrogen (secondary N) is 1. The van der Waals surface area contributed by atoms with Gasteiger partial charge in [-0.05, 0) is 0 Å². The summed E-state index contributed by atoms with van der Waals surface area (Å²) in [6.45, 7) is 7.64. The zero-order valence-electron chi connectivity index (χ0n) is 10.1. The third-order valence-electron chi connectivity index (χ3n) is 2.75. The van der Waals surface area contributed by atoms with E-state index in [2.05, 4.69) is 26.1 Å². The van der Waals surface area contributed by atoms with Crippen molar-refractivity contribution in [3.05, 3.63) is 0 Å². The molecule has 0 aliphatic rings. The molecule has 0 radical (unpaired) electrons. The Bertz CT molecular complexity index is 218. The van der Waals surface area contributed by atoms with E-state index >= 15 is 0 Å². The van der Waals surface area contributed by atoms with Crippen LogP contribution in [0, 0.1) is 0 Å². The van der Waals surface area contributed by atoms with Crippen molar-refractivity contribution < 1.29 is 13.4 Å². The Morgan fingerprint density at radius 1 is 1.13 bits per heavy atom. The summed E-state index contributed by atoms with van der Waals surface area (Å²) in [5, 5.41) is 5.41. The normalized spacial score (nSPS) is 10.9. The number of carbonyl (C=O) groups excluding carboxylic acids is 2.